The lowest BCUT2D eigenvalue weighted by Gasteiger charge is -2.19. The summed E-state index contributed by atoms with van der Waals surface area (Å²) in [5, 5.41) is 2.54. The molecule has 0 aromatic heterocycles. The highest BCUT2D eigenvalue weighted by Gasteiger charge is 2.25. The number of phosphoric ester groups is 1. The lowest BCUT2D eigenvalue weighted by molar-refractivity contribution is -0.160. The third kappa shape index (κ3) is 14.3. The third-order valence-electron chi connectivity index (χ3n) is 3.22. The number of nitrogens with one attached hydrogen (secondary N) is 1. The number of phosphoric acid groups is 1. The van der Waals surface area contributed by atoms with Crippen molar-refractivity contribution < 1.29 is 42.4 Å². The number of hydrogen-bond acceptors (Lipinski definition) is 8. The monoisotopic (exact) mass is 423 g/mol. The van der Waals surface area contributed by atoms with Crippen LogP contribution in [0.1, 0.15) is 46.0 Å². The summed E-state index contributed by atoms with van der Waals surface area (Å²) in [7, 11) is -4.43. The summed E-state index contributed by atoms with van der Waals surface area (Å²) < 4.78 is 31.3. The second-order valence-corrected chi connectivity index (χ2v) is 7.08. The maximum atomic E-state index is 11.9. The zero-order chi connectivity index (χ0) is 21.4. The van der Waals surface area contributed by atoms with Crippen LogP contribution in [0.4, 0.5) is 0 Å². The molecule has 28 heavy (non-hydrogen) atoms. The highest BCUT2D eigenvalue weighted by atomic mass is 31.2. The van der Waals surface area contributed by atoms with Gasteiger partial charge in [-0.15, -0.1) is 6.58 Å². The minimum absolute atomic E-state index is 0.0309. The van der Waals surface area contributed by atoms with E-state index in [1.165, 1.54) is 0 Å². The topological polar surface area (TPSA) is 137 Å². The van der Waals surface area contributed by atoms with Crippen molar-refractivity contribution in [3.8, 4) is 0 Å². The van der Waals surface area contributed by atoms with Crippen LogP contribution in [-0.2, 0) is 37.5 Å². The van der Waals surface area contributed by atoms with Crippen LogP contribution < -0.4 is 5.32 Å². The predicted molar refractivity (Wildman–Crippen MR) is 100 cm³/mol. The molecule has 0 aromatic carbocycles. The number of unbranched alkanes of at least 4 members (excludes halogenated alkanes) is 1. The Morgan fingerprint density at radius 3 is 2.43 bits per heavy atom. The molecule has 0 fully saturated rings. The average molecular weight is 423 g/mol. The second kappa shape index (κ2) is 15.2. The molecule has 1 amide bonds. The van der Waals surface area contributed by atoms with E-state index in [4.69, 9.17) is 18.5 Å². The van der Waals surface area contributed by atoms with Crippen LogP contribution in [0.15, 0.2) is 12.7 Å². The molecule has 0 aliphatic rings. The molecule has 1 unspecified atom stereocenters. The number of rotatable bonds is 16. The second-order valence-electron chi connectivity index (χ2n) is 5.63. The number of ether oxygens (including phenoxy) is 2. The molecule has 0 radical (unpaired) electrons. The van der Waals surface area contributed by atoms with Crippen molar-refractivity contribution in [2.45, 2.75) is 52.1 Å². The van der Waals surface area contributed by atoms with Gasteiger partial charge >= 0.3 is 19.8 Å². The van der Waals surface area contributed by atoms with Crippen molar-refractivity contribution in [2.75, 3.05) is 26.4 Å². The van der Waals surface area contributed by atoms with E-state index in [1.807, 2.05) is 0 Å². The van der Waals surface area contributed by atoms with Crippen LogP contribution in [-0.4, -0.2) is 55.2 Å². The highest BCUT2D eigenvalue weighted by molar-refractivity contribution is 7.47. The van der Waals surface area contributed by atoms with Crippen molar-refractivity contribution in [1.29, 1.82) is 0 Å². The molecule has 0 saturated carbocycles. The first-order chi connectivity index (χ1) is 13.2. The van der Waals surface area contributed by atoms with Crippen molar-refractivity contribution >= 4 is 25.7 Å². The van der Waals surface area contributed by atoms with Gasteiger partial charge in [0.1, 0.15) is 6.61 Å². The third-order valence-corrected chi connectivity index (χ3v) is 4.20. The normalized spacial score (nSPS) is 13.8. The van der Waals surface area contributed by atoms with Gasteiger partial charge < -0.3 is 19.7 Å². The van der Waals surface area contributed by atoms with Crippen LogP contribution in [0.25, 0.3) is 0 Å². The van der Waals surface area contributed by atoms with E-state index < -0.39 is 32.5 Å². The van der Waals surface area contributed by atoms with Gasteiger partial charge in [0.15, 0.2) is 6.10 Å². The van der Waals surface area contributed by atoms with E-state index in [0.29, 0.717) is 12.8 Å². The SMILES string of the molecule is C=CCCCC(=O)NCCOP(=O)(O)OC[C@H](COC(=O)CC)OC(=O)CC. The van der Waals surface area contributed by atoms with Gasteiger partial charge in [-0.2, -0.15) is 0 Å². The number of esters is 2. The quantitative estimate of drug-likeness (QED) is 0.165. The molecule has 162 valence electrons. The summed E-state index contributed by atoms with van der Waals surface area (Å²) in [6.07, 6.45) is 2.59. The molecule has 0 aliphatic heterocycles. The Morgan fingerprint density at radius 2 is 1.82 bits per heavy atom. The van der Waals surface area contributed by atoms with Crippen LogP contribution >= 0.6 is 7.82 Å². The molecule has 0 heterocycles. The van der Waals surface area contributed by atoms with E-state index in [9.17, 15) is 23.8 Å². The largest absolute Gasteiger partial charge is 0.472 e. The average Bonchev–Trinajstić information content (AvgIpc) is 2.67. The van der Waals surface area contributed by atoms with Gasteiger partial charge in [-0.05, 0) is 12.8 Å². The molecular formula is C17H30NO9P. The summed E-state index contributed by atoms with van der Waals surface area (Å²) in [6.45, 7) is 5.71. The molecule has 0 aromatic rings. The summed E-state index contributed by atoms with van der Waals surface area (Å²) in [4.78, 5) is 43.8. The zero-order valence-electron chi connectivity index (χ0n) is 16.4. The Labute approximate surface area is 165 Å². The van der Waals surface area contributed by atoms with Crippen LogP contribution in [0.5, 0.6) is 0 Å². The fourth-order valence-electron chi connectivity index (χ4n) is 1.73. The number of hydrogen-bond donors (Lipinski definition) is 2. The van der Waals surface area contributed by atoms with Gasteiger partial charge in [0, 0.05) is 25.8 Å². The van der Waals surface area contributed by atoms with Crippen molar-refractivity contribution in [3.63, 3.8) is 0 Å². The smallest absolute Gasteiger partial charge is 0.462 e. The maximum absolute atomic E-state index is 11.9. The van der Waals surface area contributed by atoms with Crippen molar-refractivity contribution in [1.82, 2.24) is 5.32 Å². The van der Waals surface area contributed by atoms with E-state index >= 15 is 0 Å². The molecule has 2 N–H and O–H groups in total. The van der Waals surface area contributed by atoms with Crippen LogP contribution in [0.3, 0.4) is 0 Å². The highest BCUT2D eigenvalue weighted by Crippen LogP contribution is 2.43. The number of allylic oxidation sites excluding steroid dienone is 1. The van der Waals surface area contributed by atoms with Crippen LogP contribution in [0.2, 0.25) is 0 Å². The molecule has 0 rings (SSSR count). The minimum atomic E-state index is -4.43. The molecule has 0 bridgehead atoms. The van der Waals surface area contributed by atoms with Gasteiger partial charge in [-0.3, -0.25) is 23.4 Å². The molecule has 11 heteroatoms. The number of carbonyl (C=O) groups excluding carboxylic acids is 3. The standard InChI is InChI=1S/C17H30NO9P/c1-4-7-8-9-15(19)18-10-11-25-28(22,23)26-13-14(27-17(21)6-3)12-24-16(20)5-2/h4,14H,1,5-13H2,2-3H3,(H,18,19)(H,22,23)/t14-/m0/s1. The fourth-order valence-corrected chi connectivity index (χ4v) is 2.49. The van der Waals surface area contributed by atoms with E-state index in [-0.39, 0.29) is 38.5 Å². The molecule has 2 atom stereocenters. The van der Waals surface area contributed by atoms with Gasteiger partial charge in [-0.1, -0.05) is 19.9 Å². The molecule has 0 aliphatic carbocycles. The van der Waals surface area contributed by atoms with Crippen molar-refractivity contribution in [2.24, 2.45) is 0 Å². The number of carbonyl (C=O) groups is 3. The Balaban J connectivity index is 4.28. The fraction of sp³-hybridized carbons (Fsp3) is 0.706. The molecule has 0 spiro atoms. The van der Waals surface area contributed by atoms with Gasteiger partial charge in [-0.25, -0.2) is 4.57 Å². The van der Waals surface area contributed by atoms with Crippen molar-refractivity contribution in [3.05, 3.63) is 12.7 Å². The van der Waals surface area contributed by atoms with E-state index in [0.717, 1.165) is 6.42 Å². The summed E-state index contributed by atoms with van der Waals surface area (Å²) >= 11 is 0. The number of amides is 1. The van der Waals surface area contributed by atoms with Crippen LogP contribution in [0, 0.1) is 0 Å². The summed E-state index contributed by atoms with van der Waals surface area (Å²) in [5.41, 5.74) is 0. The van der Waals surface area contributed by atoms with Gasteiger partial charge in [0.05, 0.1) is 13.2 Å². The van der Waals surface area contributed by atoms with E-state index in [2.05, 4.69) is 11.9 Å². The van der Waals surface area contributed by atoms with Gasteiger partial charge in [0.25, 0.3) is 0 Å². The Morgan fingerprint density at radius 1 is 1.14 bits per heavy atom. The Kier molecular flexibility index (Phi) is 14.3. The summed E-state index contributed by atoms with van der Waals surface area (Å²) in [5.74, 6) is -1.29. The predicted octanol–water partition coefficient (Wildman–Crippen LogP) is 1.87. The van der Waals surface area contributed by atoms with E-state index in [1.54, 1.807) is 19.9 Å². The Bertz CT molecular complexity index is 553. The maximum Gasteiger partial charge on any atom is 0.472 e. The first-order valence-electron chi connectivity index (χ1n) is 9.08. The lowest BCUT2D eigenvalue weighted by Crippen LogP contribution is -2.29. The van der Waals surface area contributed by atoms with Gasteiger partial charge in [0.2, 0.25) is 5.91 Å². The lowest BCUT2D eigenvalue weighted by atomic mass is 10.2. The molecule has 10 nitrogen and oxygen atoms in total. The molecular weight excluding hydrogens is 393 g/mol. The summed E-state index contributed by atoms with van der Waals surface area (Å²) in [6, 6.07) is 0. The minimum Gasteiger partial charge on any atom is -0.462 e. The zero-order valence-corrected chi connectivity index (χ0v) is 17.3. The first-order valence-corrected chi connectivity index (χ1v) is 10.6. The Hall–Kier alpha value is -1.74. The molecule has 0 saturated heterocycles. The first kappa shape index (κ1) is 26.3.